The second-order valence-electron chi connectivity index (χ2n) is 2.79. The average Bonchev–Trinajstić information content (AvgIpc) is 2.08. The van der Waals surface area contributed by atoms with Crippen LogP contribution in [-0.2, 0) is 10.0 Å². The fourth-order valence-corrected chi connectivity index (χ4v) is 1.56. The highest BCUT2D eigenvalue weighted by molar-refractivity contribution is 9.10. The molecule has 1 aromatic carbocycles. The van der Waals surface area contributed by atoms with Crippen molar-refractivity contribution in [3.05, 3.63) is 41.4 Å². The molecule has 0 bridgehead atoms. The first kappa shape index (κ1) is 14.2. The molecule has 84 valence electrons. The molecule has 0 heterocycles. The third-order valence-corrected chi connectivity index (χ3v) is 2.28. The summed E-state index contributed by atoms with van der Waals surface area (Å²) in [5.41, 5.74) is 0.570. The average molecular weight is 292 g/mol. The molecule has 1 rings (SSSR count). The number of hydrogen-bond acceptors (Lipinski definition) is 2. The van der Waals surface area contributed by atoms with E-state index < -0.39 is 10.0 Å². The third kappa shape index (κ3) is 8.20. The minimum atomic E-state index is -3.16. The zero-order chi connectivity index (χ0) is 11.9. The summed E-state index contributed by atoms with van der Waals surface area (Å²) in [5, 5.41) is 0. The van der Waals surface area contributed by atoms with Crippen LogP contribution in [0.25, 0.3) is 0 Å². The van der Waals surface area contributed by atoms with Crippen molar-refractivity contribution in [1.29, 1.82) is 0 Å². The Hall–Kier alpha value is -0.810. The quantitative estimate of drug-likeness (QED) is 0.852. The summed E-state index contributed by atoms with van der Waals surface area (Å²) in [6, 6.07) is 6.91. The Morgan fingerprint density at radius 2 is 1.73 bits per heavy atom. The van der Waals surface area contributed by atoms with Gasteiger partial charge in [0.1, 0.15) is 0 Å². The lowest BCUT2D eigenvalue weighted by molar-refractivity contribution is 0.607. The van der Waals surface area contributed by atoms with E-state index in [1.165, 1.54) is 0 Å². The zero-order valence-electron chi connectivity index (χ0n) is 8.70. The lowest BCUT2D eigenvalue weighted by atomic mass is 10.3. The zero-order valence-corrected chi connectivity index (χ0v) is 11.1. The van der Waals surface area contributed by atoms with E-state index in [2.05, 4.69) is 27.2 Å². The van der Waals surface area contributed by atoms with E-state index in [9.17, 15) is 8.42 Å². The van der Waals surface area contributed by atoms with Crippen LogP contribution in [0.4, 0.5) is 5.69 Å². The first-order valence-corrected chi connectivity index (χ1v) is 6.88. The number of rotatable bonds is 2. The molecular formula is C10H14BrNO2S. The monoisotopic (exact) mass is 291 g/mol. The summed E-state index contributed by atoms with van der Waals surface area (Å²) < 4.78 is 24.8. The van der Waals surface area contributed by atoms with Crippen LogP contribution >= 0.6 is 15.9 Å². The number of allylic oxidation sites excluding steroid dienone is 1. The molecule has 0 amide bonds. The Labute approximate surface area is 99.4 Å². The number of nitrogens with one attached hydrogen (secondary N) is 1. The Morgan fingerprint density at radius 1 is 1.33 bits per heavy atom. The summed E-state index contributed by atoms with van der Waals surface area (Å²) in [5.74, 6) is 0. The van der Waals surface area contributed by atoms with Gasteiger partial charge in [0.25, 0.3) is 0 Å². The maximum Gasteiger partial charge on any atom is 0.229 e. The Morgan fingerprint density at radius 3 is 2.07 bits per heavy atom. The van der Waals surface area contributed by atoms with Gasteiger partial charge in [-0.2, -0.15) is 0 Å². The van der Waals surface area contributed by atoms with E-state index in [-0.39, 0.29) is 0 Å². The number of sulfonamides is 1. The van der Waals surface area contributed by atoms with Gasteiger partial charge in [-0.3, -0.25) is 4.72 Å². The molecule has 0 aliphatic rings. The van der Waals surface area contributed by atoms with Crippen LogP contribution in [0.5, 0.6) is 0 Å². The van der Waals surface area contributed by atoms with Crippen molar-refractivity contribution >= 4 is 31.6 Å². The van der Waals surface area contributed by atoms with Gasteiger partial charge in [0.15, 0.2) is 0 Å². The molecule has 0 atom stereocenters. The normalized spacial score (nSPS) is 9.80. The number of hydrogen-bond donors (Lipinski definition) is 1. The maximum absolute atomic E-state index is 10.8. The van der Waals surface area contributed by atoms with E-state index in [0.29, 0.717) is 5.69 Å². The molecule has 0 saturated heterocycles. The van der Waals surface area contributed by atoms with Gasteiger partial charge in [0.05, 0.1) is 6.26 Å². The molecule has 0 fully saturated rings. The summed E-state index contributed by atoms with van der Waals surface area (Å²) >= 11 is 3.25. The molecule has 0 aromatic heterocycles. The number of anilines is 1. The van der Waals surface area contributed by atoms with Crippen molar-refractivity contribution in [2.45, 2.75) is 6.92 Å². The summed E-state index contributed by atoms with van der Waals surface area (Å²) in [6.07, 6.45) is 2.87. The molecule has 0 unspecified atom stereocenters. The minimum Gasteiger partial charge on any atom is -0.284 e. The smallest absolute Gasteiger partial charge is 0.229 e. The maximum atomic E-state index is 10.8. The first-order valence-electron chi connectivity index (χ1n) is 4.19. The van der Waals surface area contributed by atoms with Crippen LogP contribution in [0.3, 0.4) is 0 Å². The largest absolute Gasteiger partial charge is 0.284 e. The van der Waals surface area contributed by atoms with Crippen molar-refractivity contribution < 1.29 is 8.42 Å². The van der Waals surface area contributed by atoms with Crippen LogP contribution in [0, 0.1) is 0 Å². The summed E-state index contributed by atoms with van der Waals surface area (Å²) in [6.45, 7) is 5.25. The van der Waals surface area contributed by atoms with Crippen molar-refractivity contribution in [2.75, 3.05) is 11.0 Å². The molecule has 0 aliphatic heterocycles. The van der Waals surface area contributed by atoms with Gasteiger partial charge in [0, 0.05) is 10.2 Å². The highest BCUT2D eigenvalue weighted by Crippen LogP contribution is 2.14. The predicted octanol–water partition coefficient (Wildman–Crippen LogP) is 3.01. The van der Waals surface area contributed by atoms with Gasteiger partial charge in [-0.25, -0.2) is 8.42 Å². The van der Waals surface area contributed by atoms with Gasteiger partial charge in [-0.05, 0) is 31.2 Å². The lowest BCUT2D eigenvalue weighted by Crippen LogP contribution is -2.09. The van der Waals surface area contributed by atoms with Crippen molar-refractivity contribution in [3.63, 3.8) is 0 Å². The second-order valence-corrected chi connectivity index (χ2v) is 5.45. The molecule has 1 N–H and O–H groups in total. The first-order chi connectivity index (χ1) is 6.89. The predicted molar refractivity (Wildman–Crippen MR) is 68.5 cm³/mol. The summed E-state index contributed by atoms with van der Waals surface area (Å²) in [7, 11) is -3.16. The fraction of sp³-hybridized carbons (Fsp3) is 0.200. The fourth-order valence-electron chi connectivity index (χ4n) is 0.732. The van der Waals surface area contributed by atoms with Crippen LogP contribution in [-0.4, -0.2) is 14.7 Å². The molecule has 0 saturated carbocycles. The topological polar surface area (TPSA) is 46.2 Å². The summed E-state index contributed by atoms with van der Waals surface area (Å²) in [4.78, 5) is 0. The molecule has 0 radical (unpaired) electrons. The van der Waals surface area contributed by atoms with E-state index in [0.717, 1.165) is 10.7 Å². The highest BCUT2D eigenvalue weighted by Gasteiger charge is 1.99. The Bertz CT molecular complexity index is 398. The van der Waals surface area contributed by atoms with Crippen molar-refractivity contribution in [3.8, 4) is 0 Å². The molecule has 5 heteroatoms. The number of halogens is 1. The van der Waals surface area contributed by atoms with Gasteiger partial charge in [0.2, 0.25) is 10.0 Å². The van der Waals surface area contributed by atoms with Crippen molar-refractivity contribution in [1.82, 2.24) is 0 Å². The van der Waals surface area contributed by atoms with Crippen LogP contribution < -0.4 is 4.72 Å². The van der Waals surface area contributed by atoms with Crippen LogP contribution in [0.2, 0.25) is 0 Å². The van der Waals surface area contributed by atoms with Gasteiger partial charge < -0.3 is 0 Å². The molecule has 1 aromatic rings. The van der Waals surface area contributed by atoms with Crippen LogP contribution in [0.15, 0.2) is 41.4 Å². The second kappa shape index (κ2) is 6.63. The van der Waals surface area contributed by atoms with E-state index in [4.69, 9.17) is 0 Å². The molecular weight excluding hydrogens is 278 g/mol. The van der Waals surface area contributed by atoms with E-state index >= 15 is 0 Å². The highest BCUT2D eigenvalue weighted by atomic mass is 79.9. The van der Waals surface area contributed by atoms with Gasteiger partial charge >= 0.3 is 0 Å². The lowest BCUT2D eigenvalue weighted by Gasteiger charge is -2.02. The molecule has 15 heavy (non-hydrogen) atoms. The number of benzene rings is 1. The minimum absolute atomic E-state index is 0.570. The van der Waals surface area contributed by atoms with Gasteiger partial charge in [-0.15, -0.1) is 6.58 Å². The standard InChI is InChI=1S/C7H8BrNO2S.C3H6/c1-12(10,11)9-7-4-2-6(8)3-5-7;1-3-2/h2-5,9H,1H3;3H,1H2,2H3. The van der Waals surface area contributed by atoms with E-state index in [1.54, 1.807) is 30.3 Å². The molecule has 3 nitrogen and oxygen atoms in total. The Balaban J connectivity index is 0.000000583. The molecule has 0 spiro atoms. The van der Waals surface area contributed by atoms with E-state index in [1.807, 2.05) is 6.92 Å². The SMILES string of the molecule is C=CC.CS(=O)(=O)Nc1ccc(Br)cc1. The Kier molecular flexibility index (Phi) is 6.27. The third-order valence-electron chi connectivity index (χ3n) is 1.15. The van der Waals surface area contributed by atoms with Gasteiger partial charge in [-0.1, -0.05) is 22.0 Å². The molecule has 0 aliphatic carbocycles. The van der Waals surface area contributed by atoms with Crippen LogP contribution in [0.1, 0.15) is 6.92 Å². The van der Waals surface area contributed by atoms with Crippen molar-refractivity contribution in [2.24, 2.45) is 0 Å².